The Balaban J connectivity index is 2.16. The molecule has 1 fully saturated rings. The average molecular weight is 310 g/mol. The first kappa shape index (κ1) is 16.6. The highest BCUT2D eigenvalue weighted by atomic mass is 35.5. The molecule has 1 unspecified atom stereocenters. The van der Waals surface area contributed by atoms with E-state index in [0.717, 1.165) is 37.6 Å². The summed E-state index contributed by atoms with van der Waals surface area (Å²) in [5.41, 5.74) is 8.67. The molecule has 2 rings (SSSR count). The third kappa shape index (κ3) is 4.12. The molecule has 1 aliphatic heterocycles. The number of nitrogens with zero attached hydrogens (tertiary/aromatic N) is 2. The Kier molecular flexibility index (Phi) is 5.18. The van der Waals surface area contributed by atoms with Gasteiger partial charge in [0.1, 0.15) is 0 Å². The van der Waals surface area contributed by atoms with E-state index in [9.17, 15) is 0 Å². The van der Waals surface area contributed by atoms with Gasteiger partial charge in [0.05, 0.1) is 10.7 Å². The number of hydrogen-bond donors (Lipinski definition) is 1. The Morgan fingerprint density at radius 3 is 2.33 bits per heavy atom. The quantitative estimate of drug-likeness (QED) is 0.931. The Hall–Kier alpha value is -0.770. The first-order valence-electron chi connectivity index (χ1n) is 7.82. The zero-order valence-corrected chi connectivity index (χ0v) is 14.5. The van der Waals surface area contributed by atoms with Crippen LogP contribution in [-0.4, -0.2) is 42.7 Å². The smallest absolute Gasteiger partial charge is 0.0642 e. The van der Waals surface area contributed by atoms with Crippen molar-refractivity contribution in [3.8, 4) is 0 Å². The van der Waals surface area contributed by atoms with Gasteiger partial charge in [-0.1, -0.05) is 23.7 Å². The Morgan fingerprint density at radius 1 is 1.19 bits per heavy atom. The van der Waals surface area contributed by atoms with Crippen molar-refractivity contribution < 1.29 is 0 Å². The molecule has 1 heterocycles. The van der Waals surface area contributed by atoms with Gasteiger partial charge in [-0.05, 0) is 45.7 Å². The van der Waals surface area contributed by atoms with Crippen molar-refractivity contribution in [2.24, 2.45) is 5.73 Å². The minimum atomic E-state index is 0.151. The fourth-order valence-corrected chi connectivity index (χ4v) is 3.34. The van der Waals surface area contributed by atoms with Crippen molar-refractivity contribution in [1.29, 1.82) is 0 Å². The molecule has 0 amide bonds. The van der Waals surface area contributed by atoms with Crippen LogP contribution in [0, 0.1) is 0 Å². The molecular formula is C17H28ClN3. The van der Waals surface area contributed by atoms with Crippen LogP contribution in [0.2, 0.25) is 5.02 Å². The number of rotatable bonds is 3. The van der Waals surface area contributed by atoms with E-state index < -0.39 is 0 Å². The summed E-state index contributed by atoms with van der Waals surface area (Å²) in [5.74, 6) is 0. The highest BCUT2D eigenvalue weighted by molar-refractivity contribution is 6.33. The van der Waals surface area contributed by atoms with Gasteiger partial charge in [0.15, 0.2) is 0 Å². The third-order valence-corrected chi connectivity index (χ3v) is 4.46. The van der Waals surface area contributed by atoms with Crippen molar-refractivity contribution in [3.63, 3.8) is 0 Å². The van der Waals surface area contributed by atoms with Crippen LogP contribution in [0.5, 0.6) is 0 Å². The molecule has 1 aliphatic rings. The van der Waals surface area contributed by atoms with E-state index in [2.05, 4.69) is 36.6 Å². The minimum Gasteiger partial charge on any atom is -0.368 e. The average Bonchev–Trinajstić information content (AvgIpc) is 2.37. The summed E-state index contributed by atoms with van der Waals surface area (Å²) in [6.07, 6.45) is 0.870. The number of hydrogen-bond acceptors (Lipinski definition) is 3. The van der Waals surface area contributed by atoms with Gasteiger partial charge in [-0.25, -0.2) is 0 Å². The molecule has 4 heteroatoms. The van der Waals surface area contributed by atoms with Crippen molar-refractivity contribution in [1.82, 2.24) is 4.90 Å². The molecule has 2 N–H and O–H groups in total. The lowest BCUT2D eigenvalue weighted by Gasteiger charge is -2.43. The standard InChI is InChI=1S/C17H28ClN3/c1-13(19)12-14-6-5-7-15(18)16(14)20-8-10-21(11-9-20)17(2,3)4/h5-7,13H,8-12,19H2,1-4H3. The molecule has 0 saturated carbocycles. The highest BCUT2D eigenvalue weighted by Crippen LogP contribution is 2.32. The number of para-hydroxylation sites is 1. The molecule has 0 bridgehead atoms. The lowest BCUT2D eigenvalue weighted by Crippen LogP contribution is -2.53. The predicted octanol–water partition coefficient (Wildman–Crippen LogP) is 3.15. The topological polar surface area (TPSA) is 32.5 Å². The van der Waals surface area contributed by atoms with Gasteiger partial charge >= 0.3 is 0 Å². The van der Waals surface area contributed by atoms with Gasteiger partial charge < -0.3 is 10.6 Å². The van der Waals surface area contributed by atoms with E-state index in [0.29, 0.717) is 0 Å². The van der Waals surface area contributed by atoms with Crippen LogP contribution in [0.4, 0.5) is 5.69 Å². The number of anilines is 1. The molecule has 0 radical (unpaired) electrons. The van der Waals surface area contributed by atoms with Crippen molar-refractivity contribution in [2.45, 2.75) is 45.7 Å². The second kappa shape index (κ2) is 6.55. The zero-order valence-electron chi connectivity index (χ0n) is 13.7. The molecule has 21 heavy (non-hydrogen) atoms. The largest absolute Gasteiger partial charge is 0.368 e. The summed E-state index contributed by atoms with van der Waals surface area (Å²) in [7, 11) is 0. The highest BCUT2D eigenvalue weighted by Gasteiger charge is 2.27. The van der Waals surface area contributed by atoms with Crippen molar-refractivity contribution >= 4 is 17.3 Å². The first-order valence-corrected chi connectivity index (χ1v) is 8.20. The van der Waals surface area contributed by atoms with Crippen LogP contribution in [0.3, 0.4) is 0 Å². The van der Waals surface area contributed by atoms with Gasteiger partial charge in [0, 0.05) is 37.8 Å². The second-order valence-corrected chi connectivity index (χ2v) is 7.48. The summed E-state index contributed by atoms with van der Waals surface area (Å²) in [5, 5.41) is 0.845. The maximum absolute atomic E-state index is 6.48. The number of nitrogens with two attached hydrogens (primary N) is 1. The number of benzene rings is 1. The molecule has 118 valence electrons. The maximum atomic E-state index is 6.48. The lowest BCUT2D eigenvalue weighted by molar-refractivity contribution is 0.128. The number of halogens is 1. The van der Waals surface area contributed by atoms with Crippen LogP contribution in [0.25, 0.3) is 0 Å². The first-order chi connectivity index (χ1) is 9.79. The monoisotopic (exact) mass is 309 g/mol. The summed E-state index contributed by atoms with van der Waals surface area (Å²) in [4.78, 5) is 4.95. The molecule has 0 aliphatic carbocycles. The molecular weight excluding hydrogens is 282 g/mol. The molecule has 0 spiro atoms. The van der Waals surface area contributed by atoms with Crippen molar-refractivity contribution in [2.75, 3.05) is 31.1 Å². The van der Waals surface area contributed by atoms with Crippen LogP contribution in [-0.2, 0) is 6.42 Å². The molecule has 1 aromatic rings. The Morgan fingerprint density at radius 2 is 1.81 bits per heavy atom. The van der Waals surface area contributed by atoms with Gasteiger partial charge in [0.2, 0.25) is 0 Å². The van der Waals surface area contributed by atoms with E-state index in [1.807, 2.05) is 19.1 Å². The molecule has 1 atom stereocenters. The predicted molar refractivity (Wildman–Crippen MR) is 92.3 cm³/mol. The van der Waals surface area contributed by atoms with Gasteiger partial charge in [-0.3, -0.25) is 4.90 Å². The summed E-state index contributed by atoms with van der Waals surface area (Å²) < 4.78 is 0. The van der Waals surface area contributed by atoms with E-state index in [1.165, 1.54) is 11.3 Å². The minimum absolute atomic E-state index is 0.151. The van der Waals surface area contributed by atoms with Gasteiger partial charge in [-0.15, -0.1) is 0 Å². The van der Waals surface area contributed by atoms with E-state index in [4.69, 9.17) is 17.3 Å². The molecule has 0 aromatic heterocycles. The van der Waals surface area contributed by atoms with Crippen molar-refractivity contribution in [3.05, 3.63) is 28.8 Å². The van der Waals surface area contributed by atoms with Crippen LogP contribution < -0.4 is 10.6 Å². The van der Waals surface area contributed by atoms with Gasteiger partial charge in [0.25, 0.3) is 0 Å². The Labute approximate surface area is 134 Å². The van der Waals surface area contributed by atoms with Gasteiger partial charge in [-0.2, -0.15) is 0 Å². The van der Waals surface area contributed by atoms with E-state index in [1.54, 1.807) is 0 Å². The summed E-state index contributed by atoms with van der Waals surface area (Å²) in [6.45, 7) is 13.1. The maximum Gasteiger partial charge on any atom is 0.0642 e. The van der Waals surface area contributed by atoms with E-state index >= 15 is 0 Å². The summed E-state index contributed by atoms with van der Waals surface area (Å²) in [6, 6.07) is 6.31. The Bertz CT molecular complexity index is 471. The fraction of sp³-hybridized carbons (Fsp3) is 0.647. The molecule has 1 saturated heterocycles. The lowest BCUT2D eigenvalue weighted by atomic mass is 10.0. The van der Waals surface area contributed by atoms with E-state index in [-0.39, 0.29) is 11.6 Å². The molecule has 3 nitrogen and oxygen atoms in total. The molecule has 1 aromatic carbocycles. The zero-order chi connectivity index (χ0) is 15.6. The SMILES string of the molecule is CC(N)Cc1cccc(Cl)c1N1CCN(C(C)(C)C)CC1. The fourth-order valence-electron chi connectivity index (χ4n) is 3.03. The normalized spacial score (nSPS) is 18.9. The van der Waals surface area contributed by atoms with Crippen LogP contribution in [0.15, 0.2) is 18.2 Å². The summed E-state index contributed by atoms with van der Waals surface area (Å²) >= 11 is 6.48. The van der Waals surface area contributed by atoms with Crippen LogP contribution in [0.1, 0.15) is 33.3 Å². The number of piperazine rings is 1. The third-order valence-electron chi connectivity index (χ3n) is 4.16. The van der Waals surface area contributed by atoms with Crippen LogP contribution >= 0.6 is 11.6 Å². The second-order valence-electron chi connectivity index (χ2n) is 7.07.